The summed E-state index contributed by atoms with van der Waals surface area (Å²) in [6, 6.07) is 22.4. The SMILES string of the molecule is COc1ccccc1CN(C)C(=O)c1cccc(OCc2ccccc2Cl)c1. The lowest BCUT2D eigenvalue weighted by Gasteiger charge is -2.19. The molecule has 0 aliphatic rings. The van der Waals surface area contributed by atoms with E-state index in [0.29, 0.717) is 29.5 Å². The third-order valence-corrected chi connectivity index (χ3v) is 4.75. The van der Waals surface area contributed by atoms with E-state index in [1.807, 2.05) is 60.7 Å². The van der Waals surface area contributed by atoms with Gasteiger partial charge in [0.1, 0.15) is 18.1 Å². The summed E-state index contributed by atoms with van der Waals surface area (Å²) in [5, 5.41) is 0.659. The van der Waals surface area contributed by atoms with Crippen LogP contribution in [0.5, 0.6) is 11.5 Å². The van der Waals surface area contributed by atoms with Crippen LogP contribution in [-0.2, 0) is 13.2 Å². The van der Waals surface area contributed by atoms with E-state index in [4.69, 9.17) is 21.1 Å². The van der Waals surface area contributed by atoms with E-state index in [1.165, 1.54) is 0 Å². The van der Waals surface area contributed by atoms with Crippen molar-refractivity contribution in [2.45, 2.75) is 13.2 Å². The fourth-order valence-corrected chi connectivity index (χ4v) is 3.07. The summed E-state index contributed by atoms with van der Waals surface area (Å²) in [5.41, 5.74) is 2.41. The van der Waals surface area contributed by atoms with Gasteiger partial charge in [0.2, 0.25) is 0 Å². The van der Waals surface area contributed by atoms with Crippen LogP contribution in [0.3, 0.4) is 0 Å². The fourth-order valence-electron chi connectivity index (χ4n) is 2.88. The van der Waals surface area contributed by atoms with Crippen LogP contribution in [-0.4, -0.2) is 25.0 Å². The normalized spacial score (nSPS) is 10.4. The highest BCUT2D eigenvalue weighted by Gasteiger charge is 2.15. The molecule has 0 saturated carbocycles. The summed E-state index contributed by atoms with van der Waals surface area (Å²) in [6.45, 7) is 0.794. The Morgan fingerprint density at radius 2 is 1.68 bits per heavy atom. The van der Waals surface area contributed by atoms with Gasteiger partial charge in [0, 0.05) is 35.3 Å². The molecule has 144 valence electrons. The van der Waals surface area contributed by atoms with E-state index >= 15 is 0 Å². The van der Waals surface area contributed by atoms with Gasteiger partial charge < -0.3 is 14.4 Å². The number of benzene rings is 3. The monoisotopic (exact) mass is 395 g/mol. The minimum atomic E-state index is -0.0888. The molecule has 0 unspecified atom stereocenters. The largest absolute Gasteiger partial charge is 0.496 e. The van der Waals surface area contributed by atoms with Crippen LogP contribution in [0.15, 0.2) is 72.8 Å². The molecule has 0 radical (unpaired) electrons. The van der Waals surface area contributed by atoms with Crippen molar-refractivity contribution in [2.24, 2.45) is 0 Å². The van der Waals surface area contributed by atoms with Gasteiger partial charge in [-0.1, -0.05) is 54.1 Å². The zero-order valence-corrected chi connectivity index (χ0v) is 16.6. The van der Waals surface area contributed by atoms with E-state index in [2.05, 4.69) is 0 Å². The first-order valence-electron chi connectivity index (χ1n) is 8.92. The van der Waals surface area contributed by atoms with Gasteiger partial charge in [0.15, 0.2) is 0 Å². The predicted octanol–water partition coefficient (Wildman–Crippen LogP) is 5.20. The molecule has 0 aliphatic heterocycles. The summed E-state index contributed by atoms with van der Waals surface area (Å²) in [7, 11) is 3.40. The van der Waals surface area contributed by atoms with Gasteiger partial charge in [-0.15, -0.1) is 0 Å². The maximum Gasteiger partial charge on any atom is 0.254 e. The molecular formula is C23H22ClNO3. The average molecular weight is 396 g/mol. The van der Waals surface area contributed by atoms with Gasteiger partial charge in [0.25, 0.3) is 5.91 Å². The average Bonchev–Trinajstić information content (AvgIpc) is 2.73. The van der Waals surface area contributed by atoms with E-state index in [-0.39, 0.29) is 5.91 Å². The molecule has 28 heavy (non-hydrogen) atoms. The lowest BCUT2D eigenvalue weighted by atomic mass is 10.1. The number of nitrogens with zero attached hydrogens (tertiary/aromatic N) is 1. The molecule has 0 bridgehead atoms. The Labute approximate surface area is 170 Å². The molecular weight excluding hydrogens is 374 g/mol. The molecule has 0 spiro atoms. The molecule has 5 heteroatoms. The van der Waals surface area contributed by atoms with Crippen molar-refractivity contribution in [1.82, 2.24) is 4.90 Å². The van der Waals surface area contributed by atoms with E-state index in [9.17, 15) is 4.79 Å². The Balaban J connectivity index is 1.68. The lowest BCUT2D eigenvalue weighted by Crippen LogP contribution is -2.26. The number of carbonyl (C=O) groups is 1. The van der Waals surface area contributed by atoms with Gasteiger partial charge >= 0.3 is 0 Å². The van der Waals surface area contributed by atoms with Crippen molar-refractivity contribution >= 4 is 17.5 Å². The maximum absolute atomic E-state index is 12.8. The zero-order chi connectivity index (χ0) is 19.9. The number of halogens is 1. The number of carbonyl (C=O) groups excluding carboxylic acids is 1. The van der Waals surface area contributed by atoms with Gasteiger partial charge in [-0.3, -0.25) is 4.79 Å². The third-order valence-electron chi connectivity index (χ3n) is 4.38. The standard InChI is InChI=1S/C23H22ClNO3/c1-25(15-18-8-4-6-13-22(18)27-2)23(26)17-10-7-11-20(14-17)28-16-19-9-3-5-12-21(19)24/h3-14H,15-16H2,1-2H3. The van der Waals surface area contributed by atoms with Crippen LogP contribution >= 0.6 is 11.6 Å². The Morgan fingerprint density at radius 3 is 2.43 bits per heavy atom. The Bertz CT molecular complexity index is 958. The zero-order valence-electron chi connectivity index (χ0n) is 15.9. The summed E-state index contributed by atoms with van der Waals surface area (Å²) in [4.78, 5) is 14.5. The molecule has 0 fully saturated rings. The molecule has 3 aromatic rings. The summed E-state index contributed by atoms with van der Waals surface area (Å²) in [5.74, 6) is 1.30. The molecule has 0 N–H and O–H groups in total. The summed E-state index contributed by atoms with van der Waals surface area (Å²) in [6.07, 6.45) is 0. The van der Waals surface area contributed by atoms with E-state index < -0.39 is 0 Å². The first kappa shape index (κ1) is 19.8. The number of hydrogen-bond acceptors (Lipinski definition) is 3. The Morgan fingerprint density at radius 1 is 0.964 bits per heavy atom. The van der Waals surface area contributed by atoms with Crippen LogP contribution in [0.4, 0.5) is 0 Å². The minimum absolute atomic E-state index is 0.0888. The van der Waals surface area contributed by atoms with Crippen molar-refractivity contribution < 1.29 is 14.3 Å². The van der Waals surface area contributed by atoms with Crippen molar-refractivity contribution in [3.05, 3.63) is 94.5 Å². The summed E-state index contributed by atoms with van der Waals surface area (Å²) >= 11 is 6.16. The Hall–Kier alpha value is -2.98. The van der Waals surface area contributed by atoms with Gasteiger partial charge in [-0.05, 0) is 30.3 Å². The van der Waals surface area contributed by atoms with Gasteiger partial charge in [-0.2, -0.15) is 0 Å². The second-order valence-electron chi connectivity index (χ2n) is 6.38. The number of methoxy groups -OCH3 is 1. The molecule has 1 amide bonds. The molecule has 0 heterocycles. The van der Waals surface area contributed by atoms with Crippen LogP contribution < -0.4 is 9.47 Å². The summed E-state index contributed by atoms with van der Waals surface area (Å²) < 4.78 is 11.2. The smallest absolute Gasteiger partial charge is 0.254 e. The van der Waals surface area contributed by atoms with Crippen molar-refractivity contribution in [3.8, 4) is 11.5 Å². The minimum Gasteiger partial charge on any atom is -0.496 e. The van der Waals surface area contributed by atoms with Gasteiger partial charge in [-0.25, -0.2) is 0 Å². The predicted molar refractivity (Wildman–Crippen MR) is 111 cm³/mol. The Kier molecular flexibility index (Phi) is 6.56. The quantitative estimate of drug-likeness (QED) is 0.552. The number of hydrogen-bond donors (Lipinski definition) is 0. The number of rotatable bonds is 7. The highest BCUT2D eigenvalue weighted by molar-refractivity contribution is 6.31. The van der Waals surface area contributed by atoms with Gasteiger partial charge in [0.05, 0.1) is 7.11 Å². The molecule has 3 aromatic carbocycles. The molecule has 0 aromatic heterocycles. The highest BCUT2D eigenvalue weighted by Crippen LogP contribution is 2.22. The molecule has 3 rings (SSSR count). The van der Waals surface area contributed by atoms with Crippen LogP contribution in [0.2, 0.25) is 5.02 Å². The number of para-hydroxylation sites is 1. The van der Waals surface area contributed by atoms with Crippen molar-refractivity contribution in [1.29, 1.82) is 0 Å². The van der Waals surface area contributed by atoms with E-state index in [0.717, 1.165) is 16.9 Å². The molecule has 0 saturated heterocycles. The van der Waals surface area contributed by atoms with Crippen LogP contribution in [0.25, 0.3) is 0 Å². The topological polar surface area (TPSA) is 38.8 Å². The van der Waals surface area contributed by atoms with Crippen molar-refractivity contribution in [2.75, 3.05) is 14.2 Å². The van der Waals surface area contributed by atoms with E-state index in [1.54, 1.807) is 31.2 Å². The van der Waals surface area contributed by atoms with Crippen LogP contribution in [0, 0.1) is 0 Å². The maximum atomic E-state index is 12.8. The van der Waals surface area contributed by atoms with Crippen molar-refractivity contribution in [3.63, 3.8) is 0 Å². The first-order valence-corrected chi connectivity index (χ1v) is 9.30. The first-order chi connectivity index (χ1) is 13.6. The molecule has 0 aliphatic carbocycles. The second kappa shape index (κ2) is 9.29. The van der Waals surface area contributed by atoms with Crippen LogP contribution in [0.1, 0.15) is 21.5 Å². The number of ether oxygens (including phenoxy) is 2. The molecule has 0 atom stereocenters. The lowest BCUT2D eigenvalue weighted by molar-refractivity contribution is 0.0783. The third kappa shape index (κ3) is 4.84. The second-order valence-corrected chi connectivity index (χ2v) is 6.79. The number of amides is 1. The highest BCUT2D eigenvalue weighted by atomic mass is 35.5. The fraction of sp³-hybridized carbons (Fsp3) is 0.174. The molecule has 4 nitrogen and oxygen atoms in total.